The molecule has 0 saturated heterocycles. The second kappa shape index (κ2) is 5.12. The maximum atomic E-state index is 5.90. The van der Waals surface area contributed by atoms with Crippen LogP contribution in [-0.4, -0.2) is 6.54 Å². The highest BCUT2D eigenvalue weighted by atomic mass is 14.6. The molecule has 0 radical (unpaired) electrons. The number of nitrogens with two attached hydrogens (primary N) is 1. The third-order valence-corrected chi connectivity index (χ3v) is 6.95. The zero-order chi connectivity index (χ0) is 14.4. The Bertz CT molecular complexity index is 490. The molecule has 1 aromatic carbocycles. The first kappa shape index (κ1) is 13.8. The van der Waals surface area contributed by atoms with Crippen molar-refractivity contribution < 1.29 is 0 Å². The van der Waals surface area contributed by atoms with Gasteiger partial charge in [-0.15, -0.1) is 0 Å². The van der Waals surface area contributed by atoms with Crippen LogP contribution in [0.25, 0.3) is 0 Å². The normalized spacial score (nSPS) is 40.7. The van der Waals surface area contributed by atoms with Crippen molar-refractivity contribution in [3.05, 3.63) is 35.4 Å². The van der Waals surface area contributed by atoms with Gasteiger partial charge in [-0.2, -0.15) is 0 Å². The van der Waals surface area contributed by atoms with Gasteiger partial charge in [-0.05, 0) is 87.6 Å². The van der Waals surface area contributed by atoms with Crippen LogP contribution >= 0.6 is 0 Å². The van der Waals surface area contributed by atoms with Crippen LogP contribution < -0.4 is 5.73 Å². The molecule has 2 N–H and O–H groups in total. The van der Waals surface area contributed by atoms with Gasteiger partial charge < -0.3 is 5.73 Å². The molecule has 21 heavy (non-hydrogen) atoms. The van der Waals surface area contributed by atoms with Gasteiger partial charge in [0.15, 0.2) is 0 Å². The lowest BCUT2D eigenvalue weighted by atomic mass is 9.43. The third kappa shape index (κ3) is 2.08. The molecular weight excluding hydrogens is 254 g/mol. The minimum absolute atomic E-state index is 0.457. The van der Waals surface area contributed by atoms with Crippen LogP contribution in [0.2, 0.25) is 0 Å². The van der Waals surface area contributed by atoms with E-state index in [1.165, 1.54) is 50.5 Å². The maximum absolute atomic E-state index is 5.90. The molecule has 1 aromatic rings. The number of rotatable bonds is 4. The first-order chi connectivity index (χ1) is 10.2. The average molecular weight is 283 g/mol. The SMILES string of the molecule is Cc1cccc(C2(CCCN)C3CC4CC(C3)CC2C4)c1. The quantitative estimate of drug-likeness (QED) is 0.869. The largest absolute Gasteiger partial charge is 0.330 e. The molecule has 0 amide bonds. The highest BCUT2D eigenvalue weighted by molar-refractivity contribution is 5.34. The minimum Gasteiger partial charge on any atom is -0.330 e. The minimum atomic E-state index is 0.457. The highest BCUT2D eigenvalue weighted by Gasteiger charge is 2.57. The van der Waals surface area contributed by atoms with Gasteiger partial charge in [0.1, 0.15) is 0 Å². The molecule has 4 fully saturated rings. The molecule has 4 saturated carbocycles. The fraction of sp³-hybridized carbons (Fsp3) is 0.700. The summed E-state index contributed by atoms with van der Waals surface area (Å²) in [6.45, 7) is 3.09. The van der Waals surface area contributed by atoms with Gasteiger partial charge in [0.2, 0.25) is 0 Å². The summed E-state index contributed by atoms with van der Waals surface area (Å²) in [4.78, 5) is 0. The van der Waals surface area contributed by atoms with Crippen molar-refractivity contribution in [2.45, 2.75) is 57.3 Å². The van der Waals surface area contributed by atoms with Gasteiger partial charge in [0.05, 0.1) is 0 Å². The fourth-order valence-corrected chi connectivity index (χ4v) is 6.38. The molecule has 0 aliphatic heterocycles. The Morgan fingerprint density at radius 1 is 1.05 bits per heavy atom. The van der Waals surface area contributed by atoms with Gasteiger partial charge in [0, 0.05) is 5.41 Å². The first-order valence-electron chi connectivity index (χ1n) is 8.99. The Hall–Kier alpha value is -0.820. The lowest BCUT2D eigenvalue weighted by Crippen LogP contribution is -2.55. The molecule has 1 nitrogen and oxygen atoms in total. The van der Waals surface area contributed by atoms with Crippen molar-refractivity contribution in [2.24, 2.45) is 29.4 Å². The van der Waals surface area contributed by atoms with Gasteiger partial charge in [-0.25, -0.2) is 0 Å². The second-order valence-corrected chi connectivity index (χ2v) is 8.11. The fourth-order valence-electron chi connectivity index (χ4n) is 6.38. The summed E-state index contributed by atoms with van der Waals surface area (Å²) in [5.74, 6) is 3.95. The summed E-state index contributed by atoms with van der Waals surface area (Å²) in [5, 5.41) is 0. The monoisotopic (exact) mass is 283 g/mol. The molecule has 0 atom stereocenters. The van der Waals surface area contributed by atoms with E-state index < -0.39 is 0 Å². The Morgan fingerprint density at radius 3 is 2.29 bits per heavy atom. The van der Waals surface area contributed by atoms with E-state index in [9.17, 15) is 0 Å². The molecular formula is C20H29N. The molecule has 4 aliphatic carbocycles. The second-order valence-electron chi connectivity index (χ2n) is 8.11. The molecule has 4 aliphatic rings. The van der Waals surface area contributed by atoms with Crippen LogP contribution in [0.1, 0.15) is 56.1 Å². The summed E-state index contributed by atoms with van der Waals surface area (Å²) >= 11 is 0. The lowest BCUT2D eigenvalue weighted by molar-refractivity contribution is -0.0655. The number of aryl methyl sites for hydroxylation is 1. The Labute approximate surface area is 129 Å². The van der Waals surface area contributed by atoms with E-state index in [2.05, 4.69) is 31.2 Å². The standard InChI is InChI=1S/C20H29N/c1-14-4-2-5-17(8-14)20(6-3-7-21)18-10-15-9-16(12-18)13-19(20)11-15/h2,4-5,8,15-16,18-19H,3,6-7,9-13,21H2,1H3. The van der Waals surface area contributed by atoms with Crippen molar-refractivity contribution in [2.75, 3.05) is 6.54 Å². The van der Waals surface area contributed by atoms with E-state index in [4.69, 9.17) is 5.73 Å². The summed E-state index contributed by atoms with van der Waals surface area (Å²) in [6.07, 6.45) is 10.0. The predicted molar refractivity (Wildman–Crippen MR) is 88.2 cm³/mol. The van der Waals surface area contributed by atoms with Crippen LogP contribution in [-0.2, 0) is 5.41 Å². The van der Waals surface area contributed by atoms with Gasteiger partial charge in [-0.1, -0.05) is 29.8 Å². The Morgan fingerprint density at radius 2 is 1.71 bits per heavy atom. The third-order valence-electron chi connectivity index (χ3n) is 6.95. The van der Waals surface area contributed by atoms with E-state index in [-0.39, 0.29) is 0 Å². The Kier molecular flexibility index (Phi) is 3.37. The zero-order valence-electron chi connectivity index (χ0n) is 13.4. The van der Waals surface area contributed by atoms with Crippen molar-refractivity contribution >= 4 is 0 Å². The van der Waals surface area contributed by atoms with E-state index in [0.29, 0.717) is 5.41 Å². The van der Waals surface area contributed by atoms with E-state index in [1.807, 2.05) is 0 Å². The van der Waals surface area contributed by atoms with Crippen LogP contribution in [0.4, 0.5) is 0 Å². The van der Waals surface area contributed by atoms with Crippen LogP contribution in [0, 0.1) is 30.6 Å². The maximum Gasteiger partial charge on any atom is 0.00104 e. The lowest BCUT2D eigenvalue weighted by Gasteiger charge is -2.62. The predicted octanol–water partition coefficient (Wildman–Crippen LogP) is 4.43. The van der Waals surface area contributed by atoms with Gasteiger partial charge in [0.25, 0.3) is 0 Å². The average Bonchev–Trinajstić information content (AvgIpc) is 2.46. The summed E-state index contributed by atoms with van der Waals surface area (Å²) in [6, 6.07) is 9.43. The number of hydrogen-bond donors (Lipinski definition) is 1. The molecule has 114 valence electrons. The van der Waals surface area contributed by atoms with Crippen LogP contribution in [0.3, 0.4) is 0 Å². The van der Waals surface area contributed by atoms with Gasteiger partial charge >= 0.3 is 0 Å². The van der Waals surface area contributed by atoms with E-state index >= 15 is 0 Å². The van der Waals surface area contributed by atoms with Crippen molar-refractivity contribution in [3.63, 3.8) is 0 Å². The van der Waals surface area contributed by atoms with Crippen molar-refractivity contribution in [3.8, 4) is 0 Å². The topological polar surface area (TPSA) is 26.0 Å². The molecule has 0 heterocycles. The number of hydrogen-bond acceptors (Lipinski definition) is 1. The van der Waals surface area contributed by atoms with E-state index in [1.54, 1.807) is 5.56 Å². The molecule has 4 bridgehead atoms. The summed E-state index contributed by atoms with van der Waals surface area (Å²) < 4.78 is 0. The molecule has 5 rings (SSSR count). The summed E-state index contributed by atoms with van der Waals surface area (Å²) in [7, 11) is 0. The van der Waals surface area contributed by atoms with Crippen molar-refractivity contribution in [1.29, 1.82) is 0 Å². The first-order valence-corrected chi connectivity index (χ1v) is 8.99. The molecule has 0 unspecified atom stereocenters. The van der Waals surface area contributed by atoms with Crippen LogP contribution in [0.5, 0.6) is 0 Å². The smallest absolute Gasteiger partial charge is 0.00104 e. The highest BCUT2D eigenvalue weighted by Crippen LogP contribution is 2.64. The Balaban J connectivity index is 1.77. The number of benzene rings is 1. The summed E-state index contributed by atoms with van der Waals surface area (Å²) in [5.41, 5.74) is 9.42. The molecule has 1 heteroatoms. The molecule has 0 spiro atoms. The van der Waals surface area contributed by atoms with Crippen molar-refractivity contribution in [1.82, 2.24) is 0 Å². The van der Waals surface area contributed by atoms with Crippen LogP contribution in [0.15, 0.2) is 24.3 Å². The molecule has 0 aromatic heterocycles. The van der Waals surface area contributed by atoms with Gasteiger partial charge in [-0.3, -0.25) is 0 Å². The zero-order valence-corrected chi connectivity index (χ0v) is 13.4. The van der Waals surface area contributed by atoms with E-state index in [0.717, 1.165) is 30.2 Å².